The largest absolute Gasteiger partial charge is 0.421 e. The van der Waals surface area contributed by atoms with Gasteiger partial charge >= 0.3 is 0 Å². The van der Waals surface area contributed by atoms with E-state index in [4.69, 9.17) is 4.42 Å². The van der Waals surface area contributed by atoms with Gasteiger partial charge in [-0.1, -0.05) is 13.8 Å². The van der Waals surface area contributed by atoms with Crippen molar-refractivity contribution < 1.29 is 4.42 Å². The zero-order valence-corrected chi connectivity index (χ0v) is 16.7. The molecule has 0 radical (unpaired) electrons. The van der Waals surface area contributed by atoms with Crippen molar-refractivity contribution >= 4 is 10.9 Å². The monoisotopic (exact) mass is 375 g/mol. The quantitative estimate of drug-likeness (QED) is 0.520. The average Bonchev–Trinajstić information content (AvgIpc) is 3.30. The van der Waals surface area contributed by atoms with Crippen molar-refractivity contribution in [2.75, 3.05) is 13.6 Å². The maximum Gasteiger partial charge on any atom is 0.247 e. The molecule has 0 aliphatic rings. The number of likely N-dealkylation sites (N-methyl/N-ethyl adjacent to an activating group) is 1. The Kier molecular flexibility index (Phi) is 4.96. The Hall–Kier alpha value is -2.99. The molecule has 6 heteroatoms. The Morgan fingerprint density at radius 3 is 2.71 bits per heavy atom. The highest BCUT2D eigenvalue weighted by molar-refractivity contribution is 5.93. The molecule has 0 bridgehead atoms. The van der Waals surface area contributed by atoms with E-state index in [2.05, 4.69) is 63.6 Å². The summed E-state index contributed by atoms with van der Waals surface area (Å²) in [5.41, 5.74) is 6.64. The second kappa shape index (κ2) is 7.56. The lowest BCUT2D eigenvalue weighted by Gasteiger charge is -2.09. The van der Waals surface area contributed by atoms with Crippen LogP contribution in [0.3, 0.4) is 0 Å². The third kappa shape index (κ3) is 3.43. The number of hydrogen-bond acceptors (Lipinski definition) is 5. The molecule has 4 rings (SSSR count). The van der Waals surface area contributed by atoms with Crippen LogP contribution >= 0.6 is 0 Å². The van der Waals surface area contributed by atoms with E-state index in [1.165, 1.54) is 10.9 Å². The number of nitrogens with one attached hydrogen (secondary N) is 2. The number of benzene rings is 1. The van der Waals surface area contributed by atoms with Crippen LogP contribution in [-0.4, -0.2) is 33.8 Å². The molecule has 0 fully saturated rings. The second-order valence-electron chi connectivity index (χ2n) is 7.37. The molecular weight excluding hydrogens is 350 g/mol. The second-order valence-corrected chi connectivity index (χ2v) is 7.37. The van der Waals surface area contributed by atoms with E-state index in [9.17, 15) is 0 Å². The van der Waals surface area contributed by atoms with Crippen molar-refractivity contribution in [3.63, 3.8) is 0 Å². The maximum absolute atomic E-state index is 5.85. The molecule has 0 saturated carbocycles. The number of aryl methyl sites for hydroxylation is 1. The molecule has 0 aliphatic carbocycles. The summed E-state index contributed by atoms with van der Waals surface area (Å²) >= 11 is 0. The lowest BCUT2D eigenvalue weighted by Crippen LogP contribution is -2.10. The number of rotatable bonds is 6. The van der Waals surface area contributed by atoms with Gasteiger partial charge in [0.1, 0.15) is 0 Å². The van der Waals surface area contributed by atoms with Gasteiger partial charge in [-0.05, 0) is 55.8 Å². The van der Waals surface area contributed by atoms with Crippen LogP contribution in [0.4, 0.5) is 0 Å². The average molecular weight is 375 g/mol. The number of hydrogen-bond donors (Lipinski definition) is 2. The summed E-state index contributed by atoms with van der Waals surface area (Å²) in [5, 5.41) is 12.7. The third-order valence-electron chi connectivity index (χ3n) is 4.90. The molecule has 0 spiro atoms. The van der Waals surface area contributed by atoms with Crippen molar-refractivity contribution in [3.05, 3.63) is 53.7 Å². The summed E-state index contributed by atoms with van der Waals surface area (Å²) in [6.45, 7) is 7.26. The van der Waals surface area contributed by atoms with E-state index < -0.39 is 0 Å². The minimum Gasteiger partial charge on any atom is -0.421 e. The van der Waals surface area contributed by atoms with Gasteiger partial charge in [0.15, 0.2) is 0 Å². The molecule has 0 aliphatic heterocycles. The van der Waals surface area contributed by atoms with E-state index in [0.717, 1.165) is 41.0 Å². The summed E-state index contributed by atoms with van der Waals surface area (Å²) in [6, 6.07) is 10.4. The molecule has 0 amide bonds. The molecule has 4 aromatic rings. The molecule has 2 N–H and O–H groups in total. The van der Waals surface area contributed by atoms with Crippen molar-refractivity contribution in [1.29, 1.82) is 0 Å². The minimum atomic E-state index is 0.362. The zero-order chi connectivity index (χ0) is 19.7. The number of aromatic nitrogens is 4. The van der Waals surface area contributed by atoms with E-state index in [1.807, 2.05) is 26.2 Å². The summed E-state index contributed by atoms with van der Waals surface area (Å²) in [4.78, 5) is 7.92. The molecule has 1 aromatic carbocycles. The van der Waals surface area contributed by atoms with Crippen molar-refractivity contribution in [2.45, 2.75) is 33.1 Å². The number of nitrogens with zero attached hydrogens (tertiary/aromatic N) is 3. The molecular formula is C22H25N5O. The topological polar surface area (TPSA) is 79.6 Å². The Morgan fingerprint density at radius 2 is 1.96 bits per heavy atom. The highest BCUT2D eigenvalue weighted by Crippen LogP contribution is 2.37. The maximum atomic E-state index is 5.85. The summed E-state index contributed by atoms with van der Waals surface area (Å²) in [6.07, 6.45) is 2.58. The summed E-state index contributed by atoms with van der Waals surface area (Å²) in [5.74, 6) is 1.57. The highest BCUT2D eigenvalue weighted by atomic mass is 16.4. The molecule has 3 aromatic heterocycles. The molecule has 6 nitrogen and oxygen atoms in total. The van der Waals surface area contributed by atoms with Gasteiger partial charge in [-0.15, -0.1) is 10.2 Å². The normalized spacial score (nSPS) is 11.6. The van der Waals surface area contributed by atoms with Crippen LogP contribution in [0.15, 0.2) is 40.9 Å². The summed E-state index contributed by atoms with van der Waals surface area (Å²) < 4.78 is 5.85. The van der Waals surface area contributed by atoms with Gasteiger partial charge in [0.25, 0.3) is 0 Å². The van der Waals surface area contributed by atoms with Crippen LogP contribution in [0.2, 0.25) is 0 Å². The Balaban J connectivity index is 1.81. The lowest BCUT2D eigenvalue weighted by atomic mass is 9.95. The van der Waals surface area contributed by atoms with Gasteiger partial charge in [-0.3, -0.25) is 4.98 Å². The Bertz CT molecular complexity index is 1110. The summed E-state index contributed by atoms with van der Waals surface area (Å²) in [7, 11) is 1.91. The van der Waals surface area contributed by atoms with E-state index in [0.29, 0.717) is 17.7 Å². The van der Waals surface area contributed by atoms with Crippen LogP contribution in [-0.2, 0) is 6.42 Å². The van der Waals surface area contributed by atoms with Gasteiger partial charge in [-0.2, -0.15) is 0 Å². The SMILES string of the molecule is CNCCc1nnc(-c2ccc3[nH]c(-c4ccnc(C)c4)c(C(C)C)c3c2)o1. The standard InChI is InChI=1S/C22H25N5O/c1-13(2)20-17-12-16(22-27-26-19(28-22)8-9-23-4)5-6-18(17)25-21(20)15-7-10-24-14(3)11-15/h5-7,10-13,23,25H,8-9H2,1-4H3. The smallest absolute Gasteiger partial charge is 0.247 e. The lowest BCUT2D eigenvalue weighted by molar-refractivity contribution is 0.500. The molecule has 0 saturated heterocycles. The van der Waals surface area contributed by atoms with Gasteiger partial charge in [0, 0.05) is 46.9 Å². The van der Waals surface area contributed by atoms with Crippen molar-refractivity contribution in [3.8, 4) is 22.7 Å². The van der Waals surface area contributed by atoms with Crippen LogP contribution in [0.25, 0.3) is 33.6 Å². The van der Waals surface area contributed by atoms with Crippen molar-refractivity contribution in [1.82, 2.24) is 25.5 Å². The van der Waals surface area contributed by atoms with E-state index >= 15 is 0 Å². The predicted octanol–water partition coefficient (Wildman–Crippen LogP) is 4.47. The van der Waals surface area contributed by atoms with E-state index in [1.54, 1.807) is 0 Å². The Labute approximate surface area is 164 Å². The first-order valence-corrected chi connectivity index (χ1v) is 9.63. The van der Waals surface area contributed by atoms with Crippen LogP contribution in [0.1, 0.15) is 36.9 Å². The fourth-order valence-electron chi connectivity index (χ4n) is 3.58. The fourth-order valence-corrected chi connectivity index (χ4v) is 3.58. The molecule has 0 unspecified atom stereocenters. The van der Waals surface area contributed by atoms with Crippen LogP contribution < -0.4 is 5.32 Å². The molecule has 144 valence electrons. The Morgan fingerprint density at radius 1 is 1.11 bits per heavy atom. The van der Waals surface area contributed by atoms with Gasteiger partial charge in [0.2, 0.25) is 11.8 Å². The van der Waals surface area contributed by atoms with Crippen LogP contribution in [0.5, 0.6) is 0 Å². The fraction of sp³-hybridized carbons (Fsp3) is 0.318. The minimum absolute atomic E-state index is 0.362. The van der Waals surface area contributed by atoms with Crippen LogP contribution in [0, 0.1) is 6.92 Å². The third-order valence-corrected chi connectivity index (χ3v) is 4.90. The van der Waals surface area contributed by atoms with Gasteiger partial charge in [0.05, 0.1) is 5.69 Å². The predicted molar refractivity (Wildman–Crippen MR) is 111 cm³/mol. The van der Waals surface area contributed by atoms with E-state index in [-0.39, 0.29) is 0 Å². The number of fused-ring (bicyclic) bond motifs is 1. The molecule has 28 heavy (non-hydrogen) atoms. The molecule has 0 atom stereocenters. The number of pyridine rings is 1. The first-order chi connectivity index (χ1) is 13.6. The van der Waals surface area contributed by atoms with Crippen molar-refractivity contribution in [2.24, 2.45) is 0 Å². The number of H-pyrrole nitrogens is 1. The number of aromatic amines is 1. The highest BCUT2D eigenvalue weighted by Gasteiger charge is 2.18. The van der Waals surface area contributed by atoms with Gasteiger partial charge < -0.3 is 14.7 Å². The first kappa shape index (κ1) is 18.4. The molecule has 3 heterocycles. The zero-order valence-electron chi connectivity index (χ0n) is 16.7. The first-order valence-electron chi connectivity index (χ1n) is 9.63. The van der Waals surface area contributed by atoms with Gasteiger partial charge in [-0.25, -0.2) is 0 Å².